The summed E-state index contributed by atoms with van der Waals surface area (Å²) in [6, 6.07) is 0. The summed E-state index contributed by atoms with van der Waals surface area (Å²) in [5.41, 5.74) is 0. The highest BCUT2D eigenvalue weighted by Gasteiger charge is 2.26. The number of hydrogen-bond acceptors (Lipinski definition) is 8. The molecule has 0 radical (unpaired) electrons. The summed E-state index contributed by atoms with van der Waals surface area (Å²) in [6.45, 7) is 3.25. The van der Waals surface area contributed by atoms with E-state index in [0.717, 1.165) is 57.8 Å². The number of esters is 1. The van der Waals surface area contributed by atoms with Crippen LogP contribution in [-0.2, 0) is 27.9 Å². The topological polar surface area (TPSA) is 132 Å². The van der Waals surface area contributed by atoms with Crippen molar-refractivity contribution in [3.63, 3.8) is 0 Å². The van der Waals surface area contributed by atoms with Gasteiger partial charge in [0.1, 0.15) is 12.2 Å². The number of aliphatic hydroxyl groups is 2. The smallest absolute Gasteiger partial charge is 0.457 e. The van der Waals surface area contributed by atoms with Gasteiger partial charge in [-0.25, -0.2) is 4.57 Å². The van der Waals surface area contributed by atoms with Crippen LogP contribution >= 0.6 is 7.82 Å². The average Bonchev–Trinajstić information content (AvgIpc) is 3.10. The number of rotatable bonds is 37. The Morgan fingerprint density at radius 3 is 1.64 bits per heavy atom. The van der Waals surface area contributed by atoms with Crippen molar-refractivity contribution in [1.82, 2.24) is 0 Å². The third-order valence-electron chi connectivity index (χ3n) is 8.03. The maximum atomic E-state index is 12.6. The molecule has 0 fully saturated rings. The zero-order valence-electron chi connectivity index (χ0n) is 31.6. The van der Waals surface area contributed by atoms with Gasteiger partial charge in [0.15, 0.2) is 0 Å². The SMILES string of the molecule is CC/C=C\C/C=C\C/C=C\C/C=C\CCCOCC(COP(=O)(O)OCC(O)CO)OC(=O)CCCCCCCCCCCCCCCCC. The normalized spacial score (nSPS) is 14.7. The van der Waals surface area contributed by atoms with Crippen LogP contribution in [0.1, 0.15) is 155 Å². The summed E-state index contributed by atoms with van der Waals surface area (Å²) in [7, 11) is -4.53. The van der Waals surface area contributed by atoms with E-state index in [1.54, 1.807) is 0 Å². The molecule has 0 saturated carbocycles. The molecule has 0 aliphatic heterocycles. The molecule has 0 rings (SSSR count). The first-order valence-electron chi connectivity index (χ1n) is 19.6. The van der Waals surface area contributed by atoms with Crippen LogP contribution in [0.15, 0.2) is 48.6 Å². The van der Waals surface area contributed by atoms with Gasteiger partial charge in [-0.2, -0.15) is 0 Å². The third-order valence-corrected chi connectivity index (χ3v) is 8.98. The van der Waals surface area contributed by atoms with Gasteiger partial charge in [-0.05, 0) is 44.9 Å². The molecule has 0 aromatic rings. The van der Waals surface area contributed by atoms with Gasteiger partial charge in [0.05, 0.1) is 26.4 Å². The Kier molecular flexibility index (Phi) is 36.0. The molecule has 0 aromatic carbocycles. The minimum Gasteiger partial charge on any atom is -0.457 e. The molecule has 0 bridgehead atoms. The molecule has 9 nitrogen and oxygen atoms in total. The number of hydrogen-bond donors (Lipinski definition) is 3. The van der Waals surface area contributed by atoms with Gasteiger partial charge >= 0.3 is 13.8 Å². The number of ether oxygens (including phenoxy) is 2. The Bertz CT molecular complexity index is 919. The van der Waals surface area contributed by atoms with E-state index in [-0.39, 0.29) is 13.0 Å². The first kappa shape index (κ1) is 48.4. The number of phosphoric acid groups is 1. The van der Waals surface area contributed by atoms with Gasteiger partial charge in [0.25, 0.3) is 0 Å². The fourth-order valence-corrected chi connectivity index (χ4v) is 5.85. The van der Waals surface area contributed by atoms with Crippen molar-refractivity contribution in [1.29, 1.82) is 0 Å². The van der Waals surface area contributed by atoms with Crippen molar-refractivity contribution in [2.75, 3.05) is 33.0 Å². The first-order chi connectivity index (χ1) is 24.3. The Morgan fingerprint density at radius 1 is 0.640 bits per heavy atom. The number of unbranched alkanes of at least 4 members (excludes halogenated alkanes) is 15. The van der Waals surface area contributed by atoms with E-state index in [9.17, 15) is 19.4 Å². The number of aliphatic hydroxyl groups excluding tert-OH is 2. The van der Waals surface area contributed by atoms with E-state index >= 15 is 0 Å². The largest absolute Gasteiger partial charge is 0.472 e. The summed E-state index contributed by atoms with van der Waals surface area (Å²) in [5.74, 6) is -0.402. The second-order valence-electron chi connectivity index (χ2n) is 12.9. The molecular formula is C40H73O9P. The number of carbonyl (C=O) groups excluding carboxylic acids is 1. The van der Waals surface area contributed by atoms with Crippen molar-refractivity contribution >= 4 is 13.8 Å². The number of allylic oxidation sites excluding steroid dienone is 8. The maximum absolute atomic E-state index is 12.6. The molecule has 3 unspecified atom stereocenters. The molecule has 0 spiro atoms. The van der Waals surface area contributed by atoms with E-state index in [1.807, 2.05) is 0 Å². The molecule has 3 N–H and O–H groups in total. The summed E-state index contributed by atoms with van der Waals surface area (Å²) < 4.78 is 33.2. The highest BCUT2D eigenvalue weighted by molar-refractivity contribution is 7.47. The minimum absolute atomic E-state index is 0.0120. The van der Waals surface area contributed by atoms with Crippen molar-refractivity contribution in [2.45, 2.75) is 167 Å². The molecule has 0 aliphatic carbocycles. The lowest BCUT2D eigenvalue weighted by Gasteiger charge is -2.20. The van der Waals surface area contributed by atoms with Crippen molar-refractivity contribution in [3.8, 4) is 0 Å². The standard InChI is InChI=1S/C40H73O9P/c1-3-5-7-9-11-13-15-17-19-20-22-24-26-28-30-32-40(43)49-39(37-48-50(44,45)47-35-38(42)34-41)36-46-33-31-29-27-25-23-21-18-16-14-12-10-8-6-4-2/h6,8,12,14,18,21,25,27,38-39,41-42H,3-5,7,9-11,13,15-17,19-20,22-24,26,28-37H2,1-2H3,(H,44,45)/b8-6-,14-12-,21-18-,27-25-. The van der Waals surface area contributed by atoms with Crippen molar-refractivity contribution < 1.29 is 43.0 Å². The molecule has 292 valence electrons. The molecule has 50 heavy (non-hydrogen) atoms. The van der Waals surface area contributed by atoms with Crippen LogP contribution in [0.2, 0.25) is 0 Å². The predicted octanol–water partition coefficient (Wildman–Crippen LogP) is 10.2. The summed E-state index contributed by atoms with van der Waals surface area (Å²) in [4.78, 5) is 22.5. The zero-order chi connectivity index (χ0) is 36.8. The lowest BCUT2D eigenvalue weighted by molar-refractivity contribution is -0.154. The zero-order valence-corrected chi connectivity index (χ0v) is 32.5. The maximum Gasteiger partial charge on any atom is 0.472 e. The Morgan fingerprint density at radius 2 is 1.12 bits per heavy atom. The quantitative estimate of drug-likeness (QED) is 0.0247. The molecule has 3 atom stereocenters. The van der Waals surface area contributed by atoms with Crippen LogP contribution in [-0.4, -0.2) is 66.3 Å². The molecule has 0 aliphatic rings. The minimum atomic E-state index is -4.53. The Labute approximate surface area is 305 Å². The van der Waals surface area contributed by atoms with Crippen LogP contribution in [0.25, 0.3) is 0 Å². The van der Waals surface area contributed by atoms with Crippen LogP contribution < -0.4 is 0 Å². The van der Waals surface area contributed by atoms with Gasteiger partial charge < -0.3 is 24.6 Å². The van der Waals surface area contributed by atoms with Gasteiger partial charge in [0.2, 0.25) is 0 Å². The molecule has 10 heteroatoms. The van der Waals surface area contributed by atoms with Crippen LogP contribution in [0, 0.1) is 0 Å². The summed E-state index contributed by atoms with van der Waals surface area (Å²) in [6.07, 6.45) is 39.4. The van der Waals surface area contributed by atoms with Crippen molar-refractivity contribution in [3.05, 3.63) is 48.6 Å². The van der Waals surface area contributed by atoms with E-state index in [1.165, 1.54) is 77.0 Å². The van der Waals surface area contributed by atoms with Crippen LogP contribution in [0.5, 0.6) is 0 Å². The van der Waals surface area contributed by atoms with E-state index < -0.39 is 45.8 Å². The van der Waals surface area contributed by atoms with Crippen LogP contribution in [0.3, 0.4) is 0 Å². The molecule has 0 aromatic heterocycles. The van der Waals surface area contributed by atoms with Gasteiger partial charge in [-0.15, -0.1) is 0 Å². The summed E-state index contributed by atoms with van der Waals surface area (Å²) >= 11 is 0. The van der Waals surface area contributed by atoms with Gasteiger partial charge in [0, 0.05) is 13.0 Å². The monoisotopic (exact) mass is 728 g/mol. The fraction of sp³-hybridized carbons (Fsp3) is 0.775. The average molecular weight is 729 g/mol. The van der Waals surface area contributed by atoms with Gasteiger partial charge in [-0.1, -0.05) is 152 Å². The van der Waals surface area contributed by atoms with E-state index in [4.69, 9.17) is 23.6 Å². The highest BCUT2D eigenvalue weighted by Crippen LogP contribution is 2.43. The first-order valence-corrected chi connectivity index (χ1v) is 21.1. The third kappa shape index (κ3) is 36.2. The van der Waals surface area contributed by atoms with E-state index in [0.29, 0.717) is 6.61 Å². The Balaban J connectivity index is 4.30. The number of carbonyl (C=O) groups is 1. The van der Waals surface area contributed by atoms with E-state index in [2.05, 4.69) is 62.5 Å². The second kappa shape index (κ2) is 37.2. The molecule has 0 saturated heterocycles. The lowest BCUT2D eigenvalue weighted by Crippen LogP contribution is -2.29. The highest BCUT2D eigenvalue weighted by atomic mass is 31.2. The molecule has 0 heterocycles. The Hall–Kier alpha value is -1.58. The fourth-order valence-electron chi connectivity index (χ4n) is 5.06. The number of phosphoric ester groups is 1. The second-order valence-corrected chi connectivity index (χ2v) is 14.4. The molecule has 0 amide bonds. The molecular weight excluding hydrogens is 655 g/mol. The predicted molar refractivity (Wildman–Crippen MR) is 205 cm³/mol. The lowest BCUT2D eigenvalue weighted by atomic mass is 10.0. The van der Waals surface area contributed by atoms with Gasteiger partial charge in [-0.3, -0.25) is 13.8 Å². The van der Waals surface area contributed by atoms with Crippen LogP contribution in [0.4, 0.5) is 0 Å². The summed E-state index contributed by atoms with van der Waals surface area (Å²) in [5, 5.41) is 18.3. The van der Waals surface area contributed by atoms with Crippen molar-refractivity contribution in [2.24, 2.45) is 0 Å².